The Hall–Kier alpha value is -0.170. The molecule has 0 amide bonds. The molecule has 5 nitrogen and oxygen atoms in total. The van der Waals surface area contributed by atoms with Crippen molar-refractivity contribution >= 4 is 10.0 Å². The van der Waals surface area contributed by atoms with Crippen LogP contribution in [0.2, 0.25) is 0 Å². The lowest BCUT2D eigenvalue weighted by Gasteiger charge is -2.19. The van der Waals surface area contributed by atoms with Gasteiger partial charge in [0, 0.05) is 37.8 Å². The van der Waals surface area contributed by atoms with E-state index in [2.05, 4.69) is 21.9 Å². The summed E-state index contributed by atoms with van der Waals surface area (Å²) in [4.78, 5) is 2.57. The highest BCUT2D eigenvalue weighted by Crippen LogP contribution is 2.33. The van der Waals surface area contributed by atoms with Crippen LogP contribution in [-0.2, 0) is 10.0 Å². The summed E-state index contributed by atoms with van der Waals surface area (Å²) in [5.41, 5.74) is 0. The largest absolute Gasteiger partial charge is 0.312 e. The average Bonchev–Trinajstić information content (AvgIpc) is 3.03. The molecule has 2 atom stereocenters. The summed E-state index contributed by atoms with van der Waals surface area (Å²) in [7, 11) is -3.08. The fourth-order valence-electron chi connectivity index (χ4n) is 2.81. The molecule has 0 spiro atoms. The predicted molar refractivity (Wildman–Crippen MR) is 73.1 cm³/mol. The van der Waals surface area contributed by atoms with Crippen LogP contribution in [0.1, 0.15) is 33.1 Å². The number of hydrogen-bond donors (Lipinski definition) is 2. The van der Waals surface area contributed by atoms with Crippen molar-refractivity contribution in [1.29, 1.82) is 0 Å². The highest BCUT2D eigenvalue weighted by Gasteiger charge is 2.38. The van der Waals surface area contributed by atoms with E-state index in [9.17, 15) is 8.42 Å². The molecule has 6 heteroatoms. The number of likely N-dealkylation sites (tertiary alicyclic amines) is 1. The summed E-state index contributed by atoms with van der Waals surface area (Å²) in [5, 5.41) is 3.38. The van der Waals surface area contributed by atoms with Crippen LogP contribution in [0, 0.1) is 0 Å². The maximum atomic E-state index is 11.5. The Morgan fingerprint density at radius 2 is 2.06 bits per heavy atom. The summed E-state index contributed by atoms with van der Waals surface area (Å²) < 4.78 is 25.5. The molecule has 2 N–H and O–H groups in total. The predicted octanol–water partition coefficient (Wildman–Crippen LogP) is 0.141. The Balaban J connectivity index is 1.68. The van der Waals surface area contributed by atoms with Gasteiger partial charge in [0.15, 0.2) is 0 Å². The summed E-state index contributed by atoms with van der Waals surface area (Å²) >= 11 is 0. The third kappa shape index (κ3) is 3.91. The standard InChI is InChI=1S/C12H25N3O2S/c1-3-14-18(16,17)7-6-13-11-8-10(2)15(9-11)12-4-5-12/h10-14H,3-9H2,1-2H3. The van der Waals surface area contributed by atoms with Crippen molar-refractivity contribution in [2.45, 2.75) is 51.2 Å². The zero-order chi connectivity index (χ0) is 13.2. The molecule has 1 aliphatic heterocycles. The summed E-state index contributed by atoms with van der Waals surface area (Å²) in [6.45, 7) is 6.17. The molecule has 106 valence electrons. The van der Waals surface area contributed by atoms with Crippen LogP contribution in [0.3, 0.4) is 0 Å². The molecule has 2 unspecified atom stereocenters. The van der Waals surface area contributed by atoms with Crippen molar-refractivity contribution < 1.29 is 8.42 Å². The van der Waals surface area contributed by atoms with E-state index in [0.717, 1.165) is 19.0 Å². The van der Waals surface area contributed by atoms with E-state index in [1.54, 1.807) is 6.92 Å². The fourth-order valence-corrected chi connectivity index (χ4v) is 3.78. The van der Waals surface area contributed by atoms with Gasteiger partial charge in [-0.2, -0.15) is 0 Å². The maximum absolute atomic E-state index is 11.5. The molecule has 18 heavy (non-hydrogen) atoms. The number of nitrogens with one attached hydrogen (secondary N) is 2. The highest BCUT2D eigenvalue weighted by molar-refractivity contribution is 7.89. The Kier molecular flexibility index (Phi) is 4.64. The number of hydrogen-bond acceptors (Lipinski definition) is 4. The minimum atomic E-state index is -3.08. The van der Waals surface area contributed by atoms with E-state index in [1.807, 2.05) is 0 Å². The van der Waals surface area contributed by atoms with Gasteiger partial charge in [0.2, 0.25) is 10.0 Å². The topological polar surface area (TPSA) is 61.4 Å². The van der Waals surface area contributed by atoms with Gasteiger partial charge in [0.25, 0.3) is 0 Å². The van der Waals surface area contributed by atoms with E-state index in [-0.39, 0.29) is 5.75 Å². The van der Waals surface area contributed by atoms with Gasteiger partial charge in [0.1, 0.15) is 0 Å². The van der Waals surface area contributed by atoms with Crippen LogP contribution in [0.4, 0.5) is 0 Å². The molecule has 1 saturated carbocycles. The van der Waals surface area contributed by atoms with Crippen LogP contribution in [0.15, 0.2) is 0 Å². The molecule has 0 bridgehead atoms. The zero-order valence-electron chi connectivity index (χ0n) is 11.4. The molecule has 2 rings (SSSR count). The van der Waals surface area contributed by atoms with E-state index in [4.69, 9.17) is 0 Å². The Bertz CT molecular complexity index is 368. The average molecular weight is 275 g/mol. The van der Waals surface area contributed by atoms with Gasteiger partial charge in [-0.25, -0.2) is 13.1 Å². The Morgan fingerprint density at radius 1 is 1.33 bits per heavy atom. The molecular weight excluding hydrogens is 250 g/mol. The van der Waals surface area contributed by atoms with Crippen LogP contribution >= 0.6 is 0 Å². The third-order valence-electron chi connectivity index (χ3n) is 3.81. The summed E-state index contributed by atoms with van der Waals surface area (Å²) in [5.74, 6) is 0.176. The Morgan fingerprint density at radius 3 is 2.67 bits per heavy atom. The number of nitrogens with zero attached hydrogens (tertiary/aromatic N) is 1. The second kappa shape index (κ2) is 5.86. The maximum Gasteiger partial charge on any atom is 0.212 e. The first-order chi connectivity index (χ1) is 8.52. The lowest BCUT2D eigenvalue weighted by Crippen LogP contribution is -2.38. The Labute approximate surface area is 110 Å². The summed E-state index contributed by atoms with van der Waals surface area (Å²) in [6, 6.07) is 1.90. The normalized spacial score (nSPS) is 29.9. The van der Waals surface area contributed by atoms with E-state index < -0.39 is 10.0 Å². The van der Waals surface area contributed by atoms with Gasteiger partial charge >= 0.3 is 0 Å². The number of rotatable bonds is 7. The minimum absolute atomic E-state index is 0.176. The zero-order valence-corrected chi connectivity index (χ0v) is 12.2. The minimum Gasteiger partial charge on any atom is -0.312 e. The smallest absolute Gasteiger partial charge is 0.212 e. The molecule has 2 aliphatic rings. The highest BCUT2D eigenvalue weighted by atomic mass is 32.2. The van der Waals surface area contributed by atoms with Crippen LogP contribution in [0.5, 0.6) is 0 Å². The van der Waals surface area contributed by atoms with E-state index in [0.29, 0.717) is 25.2 Å². The first-order valence-electron chi connectivity index (χ1n) is 6.98. The van der Waals surface area contributed by atoms with Crippen LogP contribution in [-0.4, -0.2) is 56.8 Å². The van der Waals surface area contributed by atoms with Crippen molar-refractivity contribution in [3.63, 3.8) is 0 Å². The molecule has 1 heterocycles. The SMILES string of the molecule is CCNS(=O)(=O)CCNC1CC(C)N(C2CC2)C1. The van der Waals surface area contributed by atoms with Crippen molar-refractivity contribution in [2.75, 3.05) is 25.4 Å². The quantitative estimate of drug-likeness (QED) is 0.694. The van der Waals surface area contributed by atoms with Gasteiger partial charge in [-0.05, 0) is 26.2 Å². The van der Waals surface area contributed by atoms with Crippen molar-refractivity contribution in [3.05, 3.63) is 0 Å². The molecule has 0 aromatic rings. The fraction of sp³-hybridized carbons (Fsp3) is 1.00. The van der Waals surface area contributed by atoms with Crippen LogP contribution in [0.25, 0.3) is 0 Å². The van der Waals surface area contributed by atoms with Gasteiger partial charge in [-0.1, -0.05) is 6.92 Å². The monoisotopic (exact) mass is 275 g/mol. The summed E-state index contributed by atoms with van der Waals surface area (Å²) in [6.07, 6.45) is 3.81. The van der Waals surface area contributed by atoms with Crippen molar-refractivity contribution in [2.24, 2.45) is 0 Å². The lowest BCUT2D eigenvalue weighted by atomic mass is 10.2. The molecule has 1 aliphatic carbocycles. The molecule has 1 saturated heterocycles. The first kappa shape index (κ1) is 14.2. The van der Waals surface area contributed by atoms with Gasteiger partial charge < -0.3 is 5.32 Å². The van der Waals surface area contributed by atoms with Crippen LogP contribution < -0.4 is 10.0 Å². The second-order valence-corrected chi connectivity index (χ2v) is 7.41. The molecule has 2 fully saturated rings. The molecule has 0 aromatic heterocycles. The van der Waals surface area contributed by atoms with Gasteiger partial charge in [0.05, 0.1) is 5.75 Å². The number of sulfonamides is 1. The van der Waals surface area contributed by atoms with E-state index >= 15 is 0 Å². The lowest BCUT2D eigenvalue weighted by molar-refractivity contribution is 0.255. The van der Waals surface area contributed by atoms with Crippen molar-refractivity contribution in [3.8, 4) is 0 Å². The second-order valence-electron chi connectivity index (χ2n) is 5.48. The van der Waals surface area contributed by atoms with Gasteiger partial charge in [-0.3, -0.25) is 4.90 Å². The molecular formula is C12H25N3O2S. The van der Waals surface area contributed by atoms with Gasteiger partial charge in [-0.15, -0.1) is 0 Å². The van der Waals surface area contributed by atoms with Crippen molar-refractivity contribution in [1.82, 2.24) is 14.9 Å². The molecule has 0 aromatic carbocycles. The van der Waals surface area contributed by atoms with E-state index in [1.165, 1.54) is 12.8 Å². The first-order valence-corrected chi connectivity index (χ1v) is 8.63. The molecule has 0 radical (unpaired) electrons. The third-order valence-corrected chi connectivity index (χ3v) is 5.28.